The van der Waals surface area contributed by atoms with Crippen LogP contribution in [0.5, 0.6) is 0 Å². The number of rotatable bonds is 12. The van der Waals surface area contributed by atoms with Crippen molar-refractivity contribution in [1.29, 1.82) is 0 Å². The van der Waals surface area contributed by atoms with Crippen molar-refractivity contribution < 1.29 is 20.0 Å². The minimum absolute atomic E-state index is 0. The zero-order valence-corrected chi connectivity index (χ0v) is 26.9. The number of allylic oxidation sites excluding steroid dienone is 5. The van der Waals surface area contributed by atoms with Crippen LogP contribution in [0.15, 0.2) is 59.4 Å². The molecule has 40 heavy (non-hydrogen) atoms. The normalized spacial score (nSPS) is 16.4. The number of nitrogens with zero attached hydrogens (tertiary/aromatic N) is 2. The molecule has 2 atom stereocenters. The first kappa shape index (κ1) is 39.7. The Morgan fingerprint density at radius 1 is 1.32 bits per heavy atom. The number of benzene rings is 1. The molecular weight excluding hydrogens is 505 g/mol. The standard InChI is InChI=1S/C23H39N3O2.C8H11F.C2H6.H2O/c1-7-9-12-23(13-14-23)19-10-11-20(17(3)15-19)18(4)16-22(5,28-27)26(6)21(24)25-8-2;1-4-5-7(2)6-8(3)9;1-2;/h10-11,15,18,27H,7-9,12-14,16H2,1-6H3,(H2,24,25);4-6H,3H2,1-2H3;1-2H3;1H2/b;5-4-,7-6-;;/t18-,22?;;;/m0.../s1. The van der Waals surface area contributed by atoms with Crippen LogP contribution < -0.4 is 5.73 Å². The SMILES string of the molecule is C=C(F)/C=C(C)\C=C/C.CC.CCCCC1(c2ccc([C@@H](C)CC(C)(OO)N(C)C(N)=NCC)c(C)c2)CC1.O. The van der Waals surface area contributed by atoms with Crippen LogP contribution >= 0.6 is 0 Å². The van der Waals surface area contributed by atoms with Crippen LogP contribution in [0.25, 0.3) is 0 Å². The Balaban J connectivity index is 0. The molecule has 1 aliphatic carbocycles. The molecule has 0 amide bonds. The Morgan fingerprint density at radius 2 is 1.93 bits per heavy atom. The fourth-order valence-electron chi connectivity index (χ4n) is 4.89. The number of nitrogens with two attached hydrogens (primary N) is 1. The highest BCUT2D eigenvalue weighted by Crippen LogP contribution is 2.52. The number of aliphatic imine (C=N–C) groups is 1. The molecule has 1 unspecified atom stereocenters. The second-order valence-electron chi connectivity index (χ2n) is 10.6. The summed E-state index contributed by atoms with van der Waals surface area (Å²) in [5.74, 6) is 0.171. The molecule has 0 bridgehead atoms. The first-order valence-electron chi connectivity index (χ1n) is 14.5. The number of guanidine groups is 1. The van der Waals surface area contributed by atoms with E-state index in [1.54, 1.807) is 11.9 Å². The molecular formula is C33H58FN3O3. The molecule has 0 aromatic heterocycles. The van der Waals surface area contributed by atoms with Gasteiger partial charge in [-0.1, -0.05) is 77.5 Å². The van der Waals surface area contributed by atoms with Crippen LogP contribution in [-0.2, 0) is 10.3 Å². The van der Waals surface area contributed by atoms with Gasteiger partial charge in [-0.2, -0.15) is 0 Å². The zero-order valence-electron chi connectivity index (χ0n) is 26.9. The van der Waals surface area contributed by atoms with Gasteiger partial charge in [-0.3, -0.25) is 4.99 Å². The number of hydrogen-bond acceptors (Lipinski definition) is 3. The lowest BCUT2D eigenvalue weighted by atomic mass is 9.84. The maximum Gasteiger partial charge on any atom is 0.193 e. The first-order chi connectivity index (χ1) is 18.4. The lowest BCUT2D eigenvalue weighted by Crippen LogP contribution is -2.52. The van der Waals surface area contributed by atoms with Crippen LogP contribution in [0.3, 0.4) is 0 Å². The van der Waals surface area contributed by atoms with Gasteiger partial charge in [0.05, 0.1) is 0 Å². The predicted octanol–water partition coefficient (Wildman–Crippen LogP) is 8.38. The second kappa shape index (κ2) is 19.6. The molecule has 1 saturated carbocycles. The van der Waals surface area contributed by atoms with E-state index in [9.17, 15) is 9.65 Å². The highest BCUT2D eigenvalue weighted by molar-refractivity contribution is 5.78. The van der Waals surface area contributed by atoms with Crippen LogP contribution in [0.2, 0.25) is 0 Å². The Hall–Kier alpha value is -2.48. The maximum atomic E-state index is 12.0. The minimum Gasteiger partial charge on any atom is -0.412 e. The van der Waals surface area contributed by atoms with E-state index in [1.807, 2.05) is 53.7 Å². The topological polar surface area (TPSA) is 103 Å². The summed E-state index contributed by atoms with van der Waals surface area (Å²) in [5.41, 5.74) is 10.5. The molecule has 0 heterocycles. The van der Waals surface area contributed by atoms with E-state index in [2.05, 4.69) is 50.5 Å². The molecule has 1 aliphatic rings. The summed E-state index contributed by atoms with van der Waals surface area (Å²) < 4.78 is 12.0. The van der Waals surface area contributed by atoms with E-state index in [0.717, 1.165) is 5.57 Å². The van der Waals surface area contributed by atoms with Gasteiger partial charge in [0, 0.05) is 20.0 Å². The largest absolute Gasteiger partial charge is 0.412 e. The van der Waals surface area contributed by atoms with Crippen molar-refractivity contribution in [3.63, 3.8) is 0 Å². The van der Waals surface area contributed by atoms with Gasteiger partial charge in [0.15, 0.2) is 11.7 Å². The van der Waals surface area contributed by atoms with Crippen molar-refractivity contribution in [2.45, 2.75) is 118 Å². The van der Waals surface area contributed by atoms with Crippen molar-refractivity contribution in [3.05, 3.63) is 71.1 Å². The van der Waals surface area contributed by atoms with Crippen molar-refractivity contribution >= 4 is 5.96 Å². The third-order valence-corrected chi connectivity index (χ3v) is 7.34. The van der Waals surface area contributed by atoms with E-state index in [4.69, 9.17) is 10.6 Å². The van der Waals surface area contributed by atoms with E-state index in [-0.39, 0.29) is 11.4 Å². The molecule has 0 spiro atoms. The number of halogens is 1. The quantitative estimate of drug-likeness (QED) is 0.0666. The predicted molar refractivity (Wildman–Crippen MR) is 170 cm³/mol. The Bertz CT molecular complexity index is 970. The molecule has 7 heteroatoms. The fourth-order valence-corrected chi connectivity index (χ4v) is 4.89. The molecule has 0 radical (unpaired) electrons. The molecule has 6 nitrogen and oxygen atoms in total. The molecule has 1 aromatic carbocycles. The van der Waals surface area contributed by atoms with Crippen molar-refractivity contribution in [1.82, 2.24) is 4.90 Å². The molecule has 1 aromatic rings. The van der Waals surface area contributed by atoms with Gasteiger partial charge >= 0.3 is 0 Å². The Morgan fingerprint density at radius 3 is 2.35 bits per heavy atom. The Kier molecular flexibility index (Phi) is 19.4. The molecule has 0 aliphatic heterocycles. The molecule has 230 valence electrons. The second-order valence-corrected chi connectivity index (χ2v) is 10.6. The van der Waals surface area contributed by atoms with E-state index < -0.39 is 11.6 Å². The van der Waals surface area contributed by atoms with Gasteiger partial charge < -0.3 is 16.1 Å². The van der Waals surface area contributed by atoms with Gasteiger partial charge in [-0.05, 0) is 93.6 Å². The number of aryl methyl sites for hydroxylation is 1. The summed E-state index contributed by atoms with van der Waals surface area (Å²) in [7, 11) is 1.80. The van der Waals surface area contributed by atoms with Crippen LogP contribution in [0.4, 0.5) is 4.39 Å². The van der Waals surface area contributed by atoms with E-state index in [1.165, 1.54) is 54.9 Å². The lowest BCUT2D eigenvalue weighted by Gasteiger charge is -2.38. The number of unbranched alkanes of at least 4 members (excludes halogenated alkanes) is 1. The van der Waals surface area contributed by atoms with Crippen molar-refractivity contribution in [2.75, 3.05) is 13.6 Å². The molecule has 1 fully saturated rings. The summed E-state index contributed by atoms with van der Waals surface area (Å²) in [6, 6.07) is 6.96. The van der Waals surface area contributed by atoms with Gasteiger partial charge in [-0.15, -0.1) is 0 Å². The third kappa shape index (κ3) is 12.4. The average Bonchev–Trinajstić information content (AvgIpc) is 3.69. The highest BCUT2D eigenvalue weighted by atomic mass is 19.1. The van der Waals surface area contributed by atoms with Crippen molar-refractivity contribution in [3.8, 4) is 0 Å². The molecule has 0 saturated heterocycles. The molecule has 5 N–H and O–H groups in total. The maximum absolute atomic E-state index is 12.0. The first-order valence-corrected chi connectivity index (χ1v) is 14.5. The summed E-state index contributed by atoms with van der Waals surface area (Å²) in [5, 5.41) is 9.63. The fraction of sp³-hybridized carbons (Fsp3) is 0.606. The lowest BCUT2D eigenvalue weighted by molar-refractivity contribution is -0.350. The summed E-state index contributed by atoms with van der Waals surface area (Å²) in [6.45, 7) is 21.8. The summed E-state index contributed by atoms with van der Waals surface area (Å²) in [6.07, 6.45) is 12.2. The van der Waals surface area contributed by atoms with E-state index >= 15 is 0 Å². The van der Waals surface area contributed by atoms with Gasteiger partial charge in [-0.25, -0.2) is 14.5 Å². The molecule has 2 rings (SSSR count). The van der Waals surface area contributed by atoms with Crippen molar-refractivity contribution in [2.24, 2.45) is 10.7 Å². The van der Waals surface area contributed by atoms with Gasteiger partial charge in [0.2, 0.25) is 0 Å². The van der Waals surface area contributed by atoms with Gasteiger partial charge in [0.1, 0.15) is 5.83 Å². The average molecular weight is 564 g/mol. The minimum atomic E-state index is -0.938. The van der Waals surface area contributed by atoms with Crippen LogP contribution in [-0.4, -0.2) is 40.9 Å². The number of hydrogen-bond donors (Lipinski definition) is 2. The smallest absolute Gasteiger partial charge is 0.193 e. The van der Waals surface area contributed by atoms with E-state index in [0.29, 0.717) is 24.3 Å². The third-order valence-electron chi connectivity index (χ3n) is 7.34. The summed E-state index contributed by atoms with van der Waals surface area (Å²) in [4.78, 5) is 10.8. The highest BCUT2D eigenvalue weighted by Gasteiger charge is 2.43. The van der Waals surface area contributed by atoms with Gasteiger partial charge in [0.25, 0.3) is 0 Å². The summed E-state index contributed by atoms with van der Waals surface area (Å²) >= 11 is 0. The van der Waals surface area contributed by atoms with Crippen LogP contribution in [0.1, 0.15) is 117 Å². The zero-order chi connectivity index (χ0) is 30.2. The van der Waals surface area contributed by atoms with Crippen LogP contribution in [0, 0.1) is 6.92 Å². The Labute approximate surface area is 244 Å². The monoisotopic (exact) mass is 563 g/mol.